The number of aliphatic imine (C=N–C) groups is 1. The average Bonchev–Trinajstić information content (AvgIpc) is 2.77. The predicted octanol–water partition coefficient (Wildman–Crippen LogP) is 3.00. The van der Waals surface area contributed by atoms with Crippen molar-refractivity contribution >= 4 is 5.96 Å². The van der Waals surface area contributed by atoms with Crippen LogP contribution in [0.1, 0.15) is 51.5 Å². The van der Waals surface area contributed by atoms with Crippen LogP contribution in [0.3, 0.4) is 0 Å². The van der Waals surface area contributed by atoms with Crippen LogP contribution >= 0.6 is 0 Å². The van der Waals surface area contributed by atoms with Gasteiger partial charge in [0.1, 0.15) is 0 Å². The molecule has 3 rings (SSSR count). The van der Waals surface area contributed by atoms with E-state index in [1.165, 1.54) is 12.8 Å². The molecule has 0 saturated carbocycles. The smallest absolute Gasteiger partial charge is 0.218 e. The van der Waals surface area contributed by atoms with E-state index in [0.717, 1.165) is 63.6 Å². The Morgan fingerprint density at radius 2 is 2.14 bits per heavy atom. The number of guanidine groups is 1. The summed E-state index contributed by atoms with van der Waals surface area (Å²) in [6.07, 6.45) is 7.99. The van der Waals surface area contributed by atoms with Crippen LogP contribution in [0.25, 0.3) is 0 Å². The van der Waals surface area contributed by atoms with Crippen molar-refractivity contribution in [3.63, 3.8) is 0 Å². The summed E-state index contributed by atoms with van der Waals surface area (Å²) >= 11 is 0. The van der Waals surface area contributed by atoms with E-state index in [9.17, 15) is 0 Å². The van der Waals surface area contributed by atoms with Crippen molar-refractivity contribution in [2.45, 2.75) is 64.7 Å². The highest BCUT2D eigenvalue weighted by Gasteiger charge is 2.23. The first kappa shape index (κ1) is 21.8. The van der Waals surface area contributed by atoms with Crippen LogP contribution in [0, 0.1) is 0 Å². The van der Waals surface area contributed by atoms with Gasteiger partial charge in [0.2, 0.25) is 5.88 Å². The van der Waals surface area contributed by atoms with Gasteiger partial charge in [0.15, 0.2) is 5.96 Å². The molecular formula is C22H36N4O3. The number of pyridine rings is 1. The molecule has 0 bridgehead atoms. The highest BCUT2D eigenvalue weighted by molar-refractivity contribution is 5.80. The standard InChI is InChI=1S/C22H36N4O3/c1-3-23-22(25-16-18-8-7-12-24-21(18)27-4-2)26-13-10-19(11-14-26)29-17-20-9-5-6-15-28-20/h7-8,12,19-20H,3-6,9-11,13-17H2,1-2H3,(H,23,25). The maximum atomic E-state index is 6.15. The van der Waals surface area contributed by atoms with Crippen molar-refractivity contribution < 1.29 is 14.2 Å². The minimum atomic E-state index is 0.291. The number of nitrogens with one attached hydrogen (secondary N) is 1. The Kier molecular flexibility index (Phi) is 9.02. The molecule has 2 saturated heterocycles. The normalized spacial score (nSPS) is 21.2. The Balaban J connectivity index is 1.50. The Hall–Kier alpha value is -1.86. The van der Waals surface area contributed by atoms with E-state index < -0.39 is 0 Å². The predicted molar refractivity (Wildman–Crippen MR) is 114 cm³/mol. The first-order valence-electron chi connectivity index (χ1n) is 11.1. The maximum Gasteiger partial charge on any atom is 0.218 e. The van der Waals surface area contributed by atoms with E-state index in [1.54, 1.807) is 6.20 Å². The summed E-state index contributed by atoms with van der Waals surface area (Å²) in [5.41, 5.74) is 1.01. The largest absolute Gasteiger partial charge is 0.478 e. The van der Waals surface area contributed by atoms with E-state index in [2.05, 4.69) is 22.1 Å². The van der Waals surface area contributed by atoms with Crippen molar-refractivity contribution in [2.24, 2.45) is 4.99 Å². The van der Waals surface area contributed by atoms with Crippen molar-refractivity contribution in [1.82, 2.24) is 15.2 Å². The van der Waals surface area contributed by atoms with Crippen molar-refractivity contribution in [1.29, 1.82) is 0 Å². The summed E-state index contributed by atoms with van der Waals surface area (Å²) in [6.45, 7) is 9.61. The van der Waals surface area contributed by atoms with Crippen LogP contribution in [0.5, 0.6) is 5.88 Å². The SMILES string of the molecule is CCNC(=NCc1cccnc1OCC)N1CCC(OCC2CCCCO2)CC1. The third-order valence-electron chi connectivity index (χ3n) is 5.40. The fraction of sp³-hybridized carbons (Fsp3) is 0.727. The van der Waals surface area contributed by atoms with Crippen LogP contribution in [0.4, 0.5) is 0 Å². The number of hydrogen-bond donors (Lipinski definition) is 1. The van der Waals surface area contributed by atoms with E-state index in [0.29, 0.717) is 31.2 Å². The second kappa shape index (κ2) is 12.0. The van der Waals surface area contributed by atoms with Gasteiger partial charge in [-0.1, -0.05) is 6.07 Å². The van der Waals surface area contributed by atoms with Crippen molar-refractivity contribution in [2.75, 3.05) is 39.5 Å². The number of aromatic nitrogens is 1. The fourth-order valence-electron chi connectivity index (χ4n) is 3.81. The lowest BCUT2D eigenvalue weighted by molar-refractivity contribution is -0.0721. The Bertz CT molecular complexity index is 626. The zero-order valence-corrected chi connectivity index (χ0v) is 17.9. The molecule has 0 aromatic carbocycles. The minimum absolute atomic E-state index is 0.291. The van der Waals surface area contributed by atoms with Crippen LogP contribution < -0.4 is 10.1 Å². The molecule has 0 radical (unpaired) electrons. The Morgan fingerprint density at radius 3 is 2.86 bits per heavy atom. The van der Waals surface area contributed by atoms with E-state index >= 15 is 0 Å². The molecule has 0 spiro atoms. The molecule has 1 atom stereocenters. The summed E-state index contributed by atoms with van der Waals surface area (Å²) in [5, 5.41) is 3.43. The van der Waals surface area contributed by atoms with Crippen molar-refractivity contribution in [3.05, 3.63) is 23.9 Å². The first-order chi connectivity index (χ1) is 14.3. The summed E-state index contributed by atoms with van der Waals surface area (Å²) in [5.74, 6) is 1.62. The molecule has 1 N–H and O–H groups in total. The molecule has 29 heavy (non-hydrogen) atoms. The molecule has 7 nitrogen and oxygen atoms in total. The number of likely N-dealkylation sites (tertiary alicyclic amines) is 1. The van der Waals surface area contributed by atoms with Gasteiger partial charge in [-0.05, 0) is 52.0 Å². The Morgan fingerprint density at radius 1 is 1.28 bits per heavy atom. The monoisotopic (exact) mass is 404 g/mol. The number of piperidine rings is 1. The molecule has 0 aliphatic carbocycles. The number of ether oxygens (including phenoxy) is 3. The Labute approximate surface area is 174 Å². The molecule has 1 aromatic heterocycles. The third kappa shape index (κ3) is 6.85. The molecule has 2 fully saturated rings. The molecule has 7 heteroatoms. The maximum absolute atomic E-state index is 6.15. The van der Waals surface area contributed by atoms with Crippen LogP contribution in [-0.4, -0.2) is 67.5 Å². The highest BCUT2D eigenvalue weighted by atomic mass is 16.5. The zero-order chi connectivity index (χ0) is 20.3. The van der Waals surface area contributed by atoms with Gasteiger partial charge in [-0.25, -0.2) is 9.98 Å². The summed E-state index contributed by atoms with van der Waals surface area (Å²) in [6, 6.07) is 3.96. The topological polar surface area (TPSA) is 68.2 Å². The summed E-state index contributed by atoms with van der Waals surface area (Å²) < 4.78 is 17.6. The van der Waals surface area contributed by atoms with Gasteiger partial charge in [-0.3, -0.25) is 0 Å². The fourth-order valence-corrected chi connectivity index (χ4v) is 3.81. The summed E-state index contributed by atoms with van der Waals surface area (Å²) in [4.78, 5) is 11.5. The molecule has 0 amide bonds. The highest BCUT2D eigenvalue weighted by Crippen LogP contribution is 2.19. The molecule has 1 unspecified atom stereocenters. The second-order valence-corrected chi connectivity index (χ2v) is 7.58. The van der Waals surface area contributed by atoms with Gasteiger partial charge < -0.3 is 24.4 Å². The molecule has 3 heterocycles. The third-order valence-corrected chi connectivity index (χ3v) is 5.40. The lowest BCUT2D eigenvalue weighted by Gasteiger charge is -2.35. The van der Waals surface area contributed by atoms with E-state index in [-0.39, 0.29) is 0 Å². The van der Waals surface area contributed by atoms with Gasteiger partial charge in [-0.15, -0.1) is 0 Å². The van der Waals surface area contributed by atoms with Gasteiger partial charge in [0, 0.05) is 38.0 Å². The van der Waals surface area contributed by atoms with Crippen LogP contribution in [0.2, 0.25) is 0 Å². The van der Waals surface area contributed by atoms with E-state index in [4.69, 9.17) is 19.2 Å². The first-order valence-corrected chi connectivity index (χ1v) is 11.1. The van der Waals surface area contributed by atoms with Gasteiger partial charge in [0.05, 0.1) is 32.0 Å². The zero-order valence-electron chi connectivity index (χ0n) is 17.9. The number of rotatable bonds is 8. The minimum Gasteiger partial charge on any atom is -0.478 e. The van der Waals surface area contributed by atoms with Gasteiger partial charge in [0.25, 0.3) is 0 Å². The van der Waals surface area contributed by atoms with Crippen LogP contribution in [-0.2, 0) is 16.0 Å². The number of hydrogen-bond acceptors (Lipinski definition) is 5. The van der Waals surface area contributed by atoms with Gasteiger partial charge in [-0.2, -0.15) is 0 Å². The molecular weight excluding hydrogens is 368 g/mol. The molecule has 1 aromatic rings. The molecule has 2 aliphatic heterocycles. The lowest BCUT2D eigenvalue weighted by atomic mass is 10.1. The second-order valence-electron chi connectivity index (χ2n) is 7.58. The van der Waals surface area contributed by atoms with E-state index in [1.807, 2.05) is 19.1 Å². The van der Waals surface area contributed by atoms with Crippen molar-refractivity contribution in [3.8, 4) is 5.88 Å². The quantitative estimate of drug-likeness (QED) is 0.531. The molecule has 2 aliphatic rings. The van der Waals surface area contributed by atoms with Gasteiger partial charge >= 0.3 is 0 Å². The number of nitrogens with zero attached hydrogens (tertiary/aromatic N) is 3. The summed E-state index contributed by atoms with van der Waals surface area (Å²) in [7, 11) is 0. The molecule has 162 valence electrons. The lowest BCUT2D eigenvalue weighted by Crippen LogP contribution is -2.47. The average molecular weight is 405 g/mol. The van der Waals surface area contributed by atoms with Crippen LogP contribution in [0.15, 0.2) is 23.3 Å².